The van der Waals surface area contributed by atoms with E-state index in [9.17, 15) is 4.79 Å². The molecule has 5 heteroatoms. The summed E-state index contributed by atoms with van der Waals surface area (Å²) >= 11 is 0. The number of benzene rings is 1. The molecule has 2 saturated heterocycles. The monoisotopic (exact) mass is 330 g/mol. The molecule has 24 heavy (non-hydrogen) atoms. The summed E-state index contributed by atoms with van der Waals surface area (Å²) in [5.41, 5.74) is 2.31. The Kier molecular flexibility index (Phi) is 4.12. The molecule has 1 aromatic rings. The van der Waals surface area contributed by atoms with E-state index in [1.54, 1.807) is 0 Å². The van der Waals surface area contributed by atoms with Crippen LogP contribution in [0.1, 0.15) is 37.7 Å². The Bertz CT molecular complexity index is 621. The zero-order chi connectivity index (χ0) is 16.6. The molecule has 2 aliphatic heterocycles. The molecule has 1 N–H and O–H groups in total. The maximum atomic E-state index is 12.5. The van der Waals surface area contributed by atoms with Gasteiger partial charge in [0, 0.05) is 31.3 Å². The third-order valence-corrected chi connectivity index (χ3v) is 5.76. The van der Waals surface area contributed by atoms with Crippen molar-refractivity contribution in [2.75, 3.05) is 31.6 Å². The summed E-state index contributed by atoms with van der Waals surface area (Å²) < 4.78 is 11.4. The molecule has 1 atom stereocenters. The highest BCUT2D eigenvalue weighted by Crippen LogP contribution is 2.48. The molecule has 1 spiro atoms. The third kappa shape index (κ3) is 3.09. The van der Waals surface area contributed by atoms with Crippen molar-refractivity contribution in [1.29, 1.82) is 0 Å². The van der Waals surface area contributed by atoms with Crippen molar-refractivity contribution in [2.45, 2.75) is 45.1 Å². The lowest BCUT2D eigenvalue weighted by Crippen LogP contribution is -2.37. The van der Waals surface area contributed by atoms with E-state index in [0.717, 1.165) is 49.5 Å². The molecule has 3 fully saturated rings. The second kappa shape index (κ2) is 6.28. The highest BCUT2D eigenvalue weighted by atomic mass is 16.5. The average Bonchev–Trinajstić information content (AvgIpc) is 3.19. The smallest absolute Gasteiger partial charge is 0.321 e. The lowest BCUT2D eigenvalue weighted by atomic mass is 9.68. The van der Waals surface area contributed by atoms with Gasteiger partial charge in [0.15, 0.2) is 0 Å². The number of urea groups is 1. The first kappa shape index (κ1) is 15.8. The van der Waals surface area contributed by atoms with E-state index >= 15 is 0 Å². The largest absolute Gasteiger partial charge is 0.488 e. The first-order valence-electron chi connectivity index (χ1n) is 9.05. The number of rotatable bonds is 3. The molecule has 1 saturated carbocycles. The normalized spacial score (nSPS) is 24.9. The van der Waals surface area contributed by atoms with Crippen molar-refractivity contribution in [1.82, 2.24) is 4.90 Å². The zero-order valence-electron chi connectivity index (χ0n) is 14.3. The number of carbonyl (C=O) groups excluding carboxylic acids is 1. The van der Waals surface area contributed by atoms with Gasteiger partial charge in [0.2, 0.25) is 0 Å². The molecule has 0 bridgehead atoms. The van der Waals surface area contributed by atoms with Crippen molar-refractivity contribution in [3.63, 3.8) is 0 Å². The highest BCUT2D eigenvalue weighted by Gasteiger charge is 2.44. The van der Waals surface area contributed by atoms with E-state index in [4.69, 9.17) is 9.47 Å². The fraction of sp³-hybridized carbons (Fsp3) is 0.632. The van der Waals surface area contributed by atoms with Gasteiger partial charge in [0.25, 0.3) is 0 Å². The van der Waals surface area contributed by atoms with Gasteiger partial charge in [-0.15, -0.1) is 0 Å². The summed E-state index contributed by atoms with van der Waals surface area (Å²) in [6.07, 6.45) is 6.08. The minimum atomic E-state index is 0.0118. The van der Waals surface area contributed by atoms with Crippen LogP contribution in [0.25, 0.3) is 0 Å². The van der Waals surface area contributed by atoms with E-state index in [2.05, 4.69) is 5.32 Å². The fourth-order valence-electron chi connectivity index (χ4n) is 3.99. The van der Waals surface area contributed by atoms with Gasteiger partial charge >= 0.3 is 6.03 Å². The summed E-state index contributed by atoms with van der Waals surface area (Å²) in [4.78, 5) is 14.5. The minimum Gasteiger partial charge on any atom is -0.488 e. The molecule has 3 aliphatic rings. The van der Waals surface area contributed by atoms with Crippen LogP contribution in [0.5, 0.6) is 5.75 Å². The molecule has 0 radical (unpaired) electrons. The predicted octanol–water partition coefficient (Wildman–Crippen LogP) is 3.57. The lowest BCUT2D eigenvalue weighted by molar-refractivity contribution is 0.141. The Labute approximate surface area is 143 Å². The molecular weight excluding hydrogens is 304 g/mol. The Balaban J connectivity index is 1.39. The maximum Gasteiger partial charge on any atom is 0.321 e. The summed E-state index contributed by atoms with van der Waals surface area (Å²) in [5.74, 6) is 0.834. The summed E-state index contributed by atoms with van der Waals surface area (Å²) in [7, 11) is 0. The SMILES string of the molecule is Cc1ccc(NC(=O)N2CCC3(CCC3)C2)cc1OC1CCOC1. The zero-order valence-corrected chi connectivity index (χ0v) is 14.3. The molecule has 4 rings (SSSR count). The molecular formula is C19H26N2O3. The number of nitrogens with one attached hydrogen (secondary N) is 1. The van der Waals surface area contributed by atoms with Gasteiger partial charge in [-0.1, -0.05) is 12.5 Å². The molecule has 0 aromatic heterocycles. The van der Waals surface area contributed by atoms with Crippen LogP contribution in [0.2, 0.25) is 0 Å². The number of ether oxygens (including phenoxy) is 2. The Morgan fingerprint density at radius 1 is 1.38 bits per heavy atom. The molecule has 1 aromatic carbocycles. The molecule has 2 heterocycles. The fourth-order valence-corrected chi connectivity index (χ4v) is 3.99. The number of aryl methyl sites for hydroxylation is 1. The van der Waals surface area contributed by atoms with Gasteiger partial charge in [0.05, 0.1) is 13.2 Å². The van der Waals surface area contributed by atoms with Gasteiger partial charge in [-0.05, 0) is 43.2 Å². The van der Waals surface area contributed by atoms with E-state index in [-0.39, 0.29) is 12.1 Å². The number of carbonyl (C=O) groups is 1. The van der Waals surface area contributed by atoms with Crippen LogP contribution in [0.4, 0.5) is 10.5 Å². The number of amides is 2. The summed E-state index contributed by atoms with van der Waals surface area (Å²) in [6.45, 7) is 5.22. The minimum absolute atomic E-state index is 0.0118. The Morgan fingerprint density at radius 2 is 2.25 bits per heavy atom. The highest BCUT2D eigenvalue weighted by molar-refractivity contribution is 5.89. The van der Waals surface area contributed by atoms with Crippen LogP contribution < -0.4 is 10.1 Å². The standard InChI is InChI=1S/C19H26N2O3/c1-14-3-4-15(11-17(14)24-16-5-10-23-12-16)20-18(22)21-9-8-19(13-21)6-2-7-19/h3-4,11,16H,2,5-10,12-13H2,1H3,(H,20,22). The van der Waals surface area contributed by atoms with Crippen LogP contribution >= 0.6 is 0 Å². The van der Waals surface area contributed by atoms with Crippen molar-refractivity contribution in [3.8, 4) is 5.75 Å². The quantitative estimate of drug-likeness (QED) is 0.922. The predicted molar refractivity (Wildman–Crippen MR) is 92.5 cm³/mol. The van der Waals surface area contributed by atoms with Crippen molar-refractivity contribution in [3.05, 3.63) is 23.8 Å². The Hall–Kier alpha value is -1.75. The van der Waals surface area contributed by atoms with Crippen LogP contribution in [-0.2, 0) is 4.74 Å². The first-order valence-corrected chi connectivity index (χ1v) is 9.05. The van der Waals surface area contributed by atoms with Gasteiger partial charge in [-0.2, -0.15) is 0 Å². The first-order chi connectivity index (χ1) is 11.6. The van der Waals surface area contributed by atoms with Gasteiger partial charge in [-0.3, -0.25) is 0 Å². The molecule has 1 aliphatic carbocycles. The van der Waals surface area contributed by atoms with Gasteiger partial charge < -0.3 is 19.7 Å². The van der Waals surface area contributed by atoms with Crippen LogP contribution in [0.3, 0.4) is 0 Å². The van der Waals surface area contributed by atoms with E-state index in [0.29, 0.717) is 12.0 Å². The molecule has 2 amide bonds. The van der Waals surface area contributed by atoms with Crippen molar-refractivity contribution in [2.24, 2.45) is 5.41 Å². The number of hydrogen-bond donors (Lipinski definition) is 1. The second-order valence-corrected chi connectivity index (χ2v) is 7.54. The second-order valence-electron chi connectivity index (χ2n) is 7.54. The van der Waals surface area contributed by atoms with Crippen molar-refractivity contribution >= 4 is 11.7 Å². The van der Waals surface area contributed by atoms with E-state index < -0.39 is 0 Å². The van der Waals surface area contributed by atoms with E-state index in [1.165, 1.54) is 19.3 Å². The number of nitrogens with zero attached hydrogens (tertiary/aromatic N) is 1. The van der Waals surface area contributed by atoms with Crippen molar-refractivity contribution < 1.29 is 14.3 Å². The number of anilines is 1. The van der Waals surface area contributed by atoms with Crippen LogP contribution in [0.15, 0.2) is 18.2 Å². The third-order valence-electron chi connectivity index (χ3n) is 5.76. The number of hydrogen-bond acceptors (Lipinski definition) is 3. The van der Waals surface area contributed by atoms with E-state index in [1.807, 2.05) is 30.0 Å². The molecule has 1 unspecified atom stereocenters. The average molecular weight is 330 g/mol. The van der Waals surface area contributed by atoms with Gasteiger partial charge in [-0.25, -0.2) is 4.79 Å². The molecule has 5 nitrogen and oxygen atoms in total. The Morgan fingerprint density at radius 3 is 2.92 bits per heavy atom. The lowest BCUT2D eigenvalue weighted by Gasteiger charge is -2.37. The molecule has 130 valence electrons. The topological polar surface area (TPSA) is 50.8 Å². The maximum absolute atomic E-state index is 12.5. The van der Waals surface area contributed by atoms with Crippen LogP contribution in [-0.4, -0.2) is 43.3 Å². The summed E-state index contributed by atoms with van der Waals surface area (Å²) in [6, 6.07) is 5.89. The van der Waals surface area contributed by atoms with Gasteiger partial charge in [0.1, 0.15) is 11.9 Å². The summed E-state index contributed by atoms with van der Waals surface area (Å²) in [5, 5.41) is 3.04. The van der Waals surface area contributed by atoms with Crippen LogP contribution in [0, 0.1) is 12.3 Å². The number of likely N-dealkylation sites (tertiary alicyclic amines) is 1.